The van der Waals surface area contributed by atoms with E-state index in [1.807, 2.05) is 0 Å². The highest BCUT2D eigenvalue weighted by atomic mass is 35.5. The van der Waals surface area contributed by atoms with Crippen molar-refractivity contribution >= 4 is 35.6 Å². The van der Waals surface area contributed by atoms with Crippen LogP contribution in [-0.4, -0.2) is 60.7 Å². The third kappa shape index (κ3) is 6.80. The molecule has 27 heavy (non-hydrogen) atoms. The zero-order valence-corrected chi connectivity index (χ0v) is 15.7. The molecular weight excluding hydrogens is 412 g/mol. The summed E-state index contributed by atoms with van der Waals surface area (Å²) in [6.45, 7) is 0.841. The summed E-state index contributed by atoms with van der Waals surface area (Å²) in [5.74, 6) is -0.634. The summed E-state index contributed by atoms with van der Waals surface area (Å²) in [5, 5.41) is 15.9. The number of nitrogens with zero attached hydrogens (tertiary/aromatic N) is 2. The van der Waals surface area contributed by atoms with Crippen molar-refractivity contribution in [3.05, 3.63) is 38.9 Å². The smallest absolute Gasteiger partial charge is 0.354 e. The molecule has 1 atom stereocenters. The Hall–Kier alpha value is -1.62. The van der Waals surface area contributed by atoms with Crippen LogP contribution in [0.1, 0.15) is 5.56 Å². The van der Waals surface area contributed by atoms with Gasteiger partial charge in [-0.1, -0.05) is 17.7 Å². The minimum atomic E-state index is -4.46. The van der Waals surface area contributed by atoms with Crippen molar-refractivity contribution in [2.75, 3.05) is 32.7 Å². The highest BCUT2D eigenvalue weighted by Gasteiger charge is 2.43. The van der Waals surface area contributed by atoms with E-state index in [2.05, 4.69) is 10.6 Å². The van der Waals surface area contributed by atoms with Gasteiger partial charge in [-0.25, -0.2) is 0 Å². The quantitative estimate of drug-likeness (QED) is 0.533. The van der Waals surface area contributed by atoms with Crippen molar-refractivity contribution in [3.63, 3.8) is 0 Å². The normalized spacial score (nSPS) is 16.3. The van der Waals surface area contributed by atoms with Crippen molar-refractivity contribution in [1.82, 2.24) is 15.5 Å². The van der Waals surface area contributed by atoms with Crippen LogP contribution in [0.25, 0.3) is 0 Å². The van der Waals surface area contributed by atoms with Gasteiger partial charge in [0, 0.05) is 44.9 Å². The molecular formula is C15H19Cl2F3N4O3. The zero-order valence-electron chi connectivity index (χ0n) is 14.1. The maximum atomic E-state index is 13.3. The molecule has 0 saturated carbocycles. The molecule has 0 spiro atoms. The van der Waals surface area contributed by atoms with Crippen LogP contribution >= 0.6 is 24.0 Å². The molecule has 1 aliphatic heterocycles. The van der Waals surface area contributed by atoms with E-state index in [0.29, 0.717) is 18.7 Å². The summed E-state index contributed by atoms with van der Waals surface area (Å²) in [4.78, 5) is 23.3. The third-order valence-electron chi connectivity index (χ3n) is 4.06. The van der Waals surface area contributed by atoms with Crippen LogP contribution in [0.3, 0.4) is 0 Å². The number of nitro benzene ring substituents is 1. The number of hydrogen-bond donors (Lipinski definition) is 2. The van der Waals surface area contributed by atoms with Crippen LogP contribution < -0.4 is 10.6 Å². The molecule has 152 valence electrons. The van der Waals surface area contributed by atoms with E-state index in [1.165, 1.54) is 17.0 Å². The summed E-state index contributed by atoms with van der Waals surface area (Å²) in [6, 6.07) is 1.84. The van der Waals surface area contributed by atoms with E-state index in [9.17, 15) is 28.1 Å². The van der Waals surface area contributed by atoms with Crippen LogP contribution in [0.2, 0.25) is 5.02 Å². The van der Waals surface area contributed by atoms with Crippen LogP contribution in [0.15, 0.2) is 18.2 Å². The third-order valence-corrected chi connectivity index (χ3v) is 4.41. The number of benzene rings is 1. The predicted octanol–water partition coefficient (Wildman–Crippen LogP) is 2.16. The van der Waals surface area contributed by atoms with Crippen molar-refractivity contribution in [3.8, 4) is 0 Å². The maximum Gasteiger partial charge on any atom is 0.405 e. The van der Waals surface area contributed by atoms with E-state index in [4.69, 9.17) is 11.6 Å². The number of alkyl halides is 3. The topological polar surface area (TPSA) is 87.5 Å². The molecule has 12 heteroatoms. The summed E-state index contributed by atoms with van der Waals surface area (Å²) >= 11 is 5.89. The number of halogens is 5. The van der Waals surface area contributed by atoms with Gasteiger partial charge in [0.25, 0.3) is 5.69 Å². The average molecular weight is 431 g/mol. The van der Waals surface area contributed by atoms with Gasteiger partial charge in [0.05, 0.1) is 16.4 Å². The fraction of sp³-hybridized carbons (Fsp3) is 0.533. The molecule has 7 nitrogen and oxygen atoms in total. The first kappa shape index (κ1) is 23.4. The number of non-ortho nitro benzene ring substituents is 1. The Balaban J connectivity index is 0.00000364. The van der Waals surface area contributed by atoms with Crippen LogP contribution in [-0.2, 0) is 11.2 Å². The Morgan fingerprint density at radius 2 is 2.00 bits per heavy atom. The number of amides is 1. The predicted molar refractivity (Wildman–Crippen MR) is 96.4 cm³/mol. The lowest BCUT2D eigenvalue weighted by Crippen LogP contribution is -2.57. The van der Waals surface area contributed by atoms with Crippen LogP contribution in [0.5, 0.6) is 0 Å². The first-order chi connectivity index (χ1) is 12.2. The molecule has 1 aromatic rings. The second kappa shape index (κ2) is 10.1. The van der Waals surface area contributed by atoms with Gasteiger partial charge in [-0.3, -0.25) is 19.8 Å². The fourth-order valence-electron chi connectivity index (χ4n) is 2.68. The molecule has 2 rings (SSSR count). The lowest BCUT2D eigenvalue weighted by molar-refractivity contribution is -0.384. The Labute approximate surface area is 164 Å². The first-order valence-corrected chi connectivity index (χ1v) is 8.27. The van der Waals surface area contributed by atoms with E-state index in [-0.39, 0.29) is 42.6 Å². The molecule has 1 fully saturated rings. The fourth-order valence-corrected chi connectivity index (χ4v) is 2.93. The second-order valence-electron chi connectivity index (χ2n) is 5.86. The van der Waals surface area contributed by atoms with Gasteiger partial charge in [-0.15, -0.1) is 12.4 Å². The zero-order chi connectivity index (χ0) is 19.3. The minimum Gasteiger partial charge on any atom is -0.354 e. The van der Waals surface area contributed by atoms with Gasteiger partial charge >= 0.3 is 6.18 Å². The number of hydrogen-bond acceptors (Lipinski definition) is 5. The summed E-state index contributed by atoms with van der Waals surface area (Å²) < 4.78 is 39.8. The van der Waals surface area contributed by atoms with Crippen molar-refractivity contribution < 1.29 is 22.9 Å². The number of nitro groups is 1. The molecule has 2 N–H and O–H groups in total. The Morgan fingerprint density at radius 3 is 2.52 bits per heavy atom. The molecule has 0 aromatic heterocycles. The second-order valence-corrected chi connectivity index (χ2v) is 6.26. The Kier molecular flexibility index (Phi) is 8.73. The highest BCUT2D eigenvalue weighted by molar-refractivity contribution is 6.31. The summed E-state index contributed by atoms with van der Waals surface area (Å²) in [6.07, 6.45) is -4.72. The number of carbonyl (C=O) groups is 1. The first-order valence-electron chi connectivity index (χ1n) is 7.89. The monoisotopic (exact) mass is 430 g/mol. The van der Waals surface area contributed by atoms with Crippen molar-refractivity contribution in [1.29, 1.82) is 0 Å². The molecule has 0 bridgehead atoms. The lowest BCUT2D eigenvalue weighted by atomic mass is 10.1. The molecule has 1 amide bonds. The minimum absolute atomic E-state index is 0. The molecule has 1 heterocycles. The van der Waals surface area contributed by atoms with Gasteiger partial charge in [0.15, 0.2) is 0 Å². The Morgan fingerprint density at radius 1 is 1.37 bits per heavy atom. The number of piperazine rings is 1. The van der Waals surface area contributed by atoms with Crippen molar-refractivity contribution in [2.24, 2.45) is 0 Å². The molecule has 1 unspecified atom stereocenters. The number of carbonyl (C=O) groups excluding carboxylic acids is 1. The van der Waals surface area contributed by atoms with Gasteiger partial charge in [-0.05, 0) is 5.56 Å². The van der Waals surface area contributed by atoms with E-state index < -0.39 is 29.6 Å². The van der Waals surface area contributed by atoms with Gasteiger partial charge in [0.2, 0.25) is 5.91 Å². The highest BCUT2D eigenvalue weighted by Crippen LogP contribution is 2.25. The van der Waals surface area contributed by atoms with E-state index >= 15 is 0 Å². The maximum absolute atomic E-state index is 13.3. The standard InChI is InChI=1S/C15H18ClF3N4O3.ClH/c16-12-8-11(23(25)26)2-1-10(12)7-14(24)21-9-13(15(17,18)19)22-5-3-20-4-6-22;/h1-2,8,13,20H,3-7,9H2,(H,21,24);1H. The molecule has 0 aliphatic carbocycles. The van der Waals surface area contributed by atoms with Crippen molar-refractivity contribution in [2.45, 2.75) is 18.6 Å². The summed E-state index contributed by atoms with van der Waals surface area (Å²) in [5.41, 5.74) is 0.0792. The lowest BCUT2D eigenvalue weighted by Gasteiger charge is -2.35. The average Bonchev–Trinajstić information content (AvgIpc) is 2.56. The summed E-state index contributed by atoms with van der Waals surface area (Å²) in [7, 11) is 0. The van der Waals surface area contributed by atoms with Gasteiger partial charge in [-0.2, -0.15) is 13.2 Å². The van der Waals surface area contributed by atoms with Gasteiger partial charge < -0.3 is 10.6 Å². The largest absolute Gasteiger partial charge is 0.405 e. The van der Waals surface area contributed by atoms with Crippen LogP contribution in [0.4, 0.5) is 18.9 Å². The molecule has 0 radical (unpaired) electrons. The molecule has 1 aliphatic rings. The van der Waals surface area contributed by atoms with E-state index in [0.717, 1.165) is 6.07 Å². The van der Waals surface area contributed by atoms with E-state index in [1.54, 1.807) is 0 Å². The van der Waals surface area contributed by atoms with Gasteiger partial charge in [0.1, 0.15) is 6.04 Å². The number of rotatable bonds is 6. The molecule has 1 aromatic carbocycles. The van der Waals surface area contributed by atoms with Crippen LogP contribution in [0, 0.1) is 10.1 Å². The SMILES string of the molecule is Cl.O=C(Cc1ccc([N+](=O)[O-])cc1Cl)NCC(N1CCNCC1)C(F)(F)F. The number of nitrogens with one attached hydrogen (secondary N) is 2. The Bertz CT molecular complexity index is 670. The molecule has 1 saturated heterocycles.